The Morgan fingerprint density at radius 3 is 2.87 bits per heavy atom. The van der Waals surface area contributed by atoms with Gasteiger partial charge in [-0.1, -0.05) is 6.07 Å². The van der Waals surface area contributed by atoms with E-state index in [4.69, 9.17) is 0 Å². The number of piperazine rings is 1. The fourth-order valence-corrected chi connectivity index (χ4v) is 5.20. The Hall–Kier alpha value is -2.94. The van der Waals surface area contributed by atoms with E-state index in [0.29, 0.717) is 24.1 Å². The number of H-pyrrole nitrogens is 1. The van der Waals surface area contributed by atoms with E-state index in [1.54, 1.807) is 24.4 Å². The number of carbonyl (C=O) groups excluding carboxylic acids is 2. The summed E-state index contributed by atoms with van der Waals surface area (Å²) in [5.74, 6) is 0.145. The highest BCUT2D eigenvalue weighted by molar-refractivity contribution is 6.02. The molecule has 2 aromatic heterocycles. The lowest BCUT2D eigenvalue weighted by Crippen LogP contribution is -2.60. The van der Waals surface area contributed by atoms with Crippen LogP contribution in [0.1, 0.15) is 55.4 Å². The van der Waals surface area contributed by atoms with Crippen molar-refractivity contribution >= 4 is 17.8 Å². The van der Waals surface area contributed by atoms with Gasteiger partial charge in [0.05, 0.1) is 17.8 Å². The lowest BCUT2D eigenvalue weighted by molar-refractivity contribution is 0.0454. The second-order valence-corrected chi connectivity index (χ2v) is 9.31. The van der Waals surface area contributed by atoms with Crippen molar-refractivity contribution in [3.8, 4) is 0 Å². The molecule has 0 aliphatic carbocycles. The molecule has 5 heterocycles. The first-order chi connectivity index (χ1) is 14.9. The minimum atomic E-state index is -0.542. The van der Waals surface area contributed by atoms with Gasteiger partial charge in [0.25, 0.3) is 5.91 Å². The van der Waals surface area contributed by atoms with Crippen LogP contribution in [-0.4, -0.2) is 73.5 Å². The normalized spacial score (nSPS) is 24.7. The van der Waals surface area contributed by atoms with Crippen LogP contribution in [0.3, 0.4) is 0 Å². The summed E-state index contributed by atoms with van der Waals surface area (Å²) in [7, 11) is 0. The van der Waals surface area contributed by atoms with Crippen molar-refractivity contribution < 1.29 is 9.59 Å². The minimum Gasteiger partial charge on any atom is -0.319 e. The third kappa shape index (κ3) is 3.27. The van der Waals surface area contributed by atoms with Gasteiger partial charge in [0.2, 0.25) is 0 Å². The fraction of sp³-hybridized carbons (Fsp3) is 0.545. The predicted octanol–water partition coefficient (Wildman–Crippen LogP) is 2.40. The predicted molar refractivity (Wildman–Crippen MR) is 116 cm³/mol. The zero-order chi connectivity index (χ0) is 21.8. The Kier molecular flexibility index (Phi) is 4.73. The standard InChI is InChI=1S/C22H29N7O2/c1-14-11-27-10-6-7-15(27)12-28(14)21(31)29-13-16-18(22(29,2)3)25-26-19(16)24-20(30)17-8-4-5-9-23-17/h4-5,8-9,14-15H,6-7,10-13H2,1-3H3,(H2,24,25,26,30)/t14?,15-/m0/s1. The molecule has 2 N–H and O–H groups in total. The number of anilines is 1. The van der Waals surface area contributed by atoms with Crippen LogP contribution >= 0.6 is 0 Å². The van der Waals surface area contributed by atoms with E-state index in [1.165, 1.54) is 6.42 Å². The summed E-state index contributed by atoms with van der Waals surface area (Å²) >= 11 is 0. The molecule has 2 saturated heterocycles. The summed E-state index contributed by atoms with van der Waals surface area (Å²) < 4.78 is 0. The lowest BCUT2D eigenvalue weighted by atomic mass is 10.0. The summed E-state index contributed by atoms with van der Waals surface area (Å²) in [6, 6.07) is 5.89. The maximum atomic E-state index is 13.6. The molecule has 9 nitrogen and oxygen atoms in total. The van der Waals surface area contributed by atoms with Gasteiger partial charge in [0.15, 0.2) is 5.82 Å². The number of aromatic nitrogens is 3. The van der Waals surface area contributed by atoms with Gasteiger partial charge in [-0.05, 0) is 52.3 Å². The van der Waals surface area contributed by atoms with Gasteiger partial charge >= 0.3 is 6.03 Å². The summed E-state index contributed by atoms with van der Waals surface area (Å²) in [5.41, 5.74) is 1.51. The largest absolute Gasteiger partial charge is 0.321 e. The number of nitrogens with one attached hydrogen (secondary N) is 2. The van der Waals surface area contributed by atoms with Gasteiger partial charge in [0.1, 0.15) is 5.69 Å². The van der Waals surface area contributed by atoms with E-state index in [0.717, 1.165) is 37.3 Å². The van der Waals surface area contributed by atoms with Gasteiger partial charge in [-0.25, -0.2) is 4.79 Å². The summed E-state index contributed by atoms with van der Waals surface area (Å²) in [6.45, 7) is 9.44. The number of hydrogen-bond donors (Lipinski definition) is 2. The average Bonchev–Trinajstić information content (AvgIpc) is 3.44. The van der Waals surface area contributed by atoms with Crippen LogP contribution in [0.2, 0.25) is 0 Å². The summed E-state index contributed by atoms with van der Waals surface area (Å²) in [5, 5.41) is 10.2. The molecule has 3 aliphatic heterocycles. The monoisotopic (exact) mass is 423 g/mol. The molecule has 2 fully saturated rings. The van der Waals surface area contributed by atoms with E-state index in [-0.39, 0.29) is 18.0 Å². The molecule has 0 bridgehead atoms. The number of nitrogens with zero attached hydrogens (tertiary/aromatic N) is 5. The highest BCUT2D eigenvalue weighted by Gasteiger charge is 2.47. The Balaban J connectivity index is 1.35. The van der Waals surface area contributed by atoms with Gasteiger partial charge < -0.3 is 15.1 Å². The Morgan fingerprint density at radius 2 is 2.10 bits per heavy atom. The smallest absolute Gasteiger partial charge is 0.319 e. The molecule has 0 saturated carbocycles. The molecular formula is C22H29N7O2. The highest BCUT2D eigenvalue weighted by atomic mass is 16.2. The van der Waals surface area contributed by atoms with E-state index in [1.807, 2.05) is 23.6 Å². The van der Waals surface area contributed by atoms with Crippen LogP contribution in [0, 0.1) is 0 Å². The second kappa shape index (κ2) is 7.33. The van der Waals surface area contributed by atoms with E-state index < -0.39 is 5.54 Å². The highest BCUT2D eigenvalue weighted by Crippen LogP contribution is 2.41. The molecule has 31 heavy (non-hydrogen) atoms. The zero-order valence-corrected chi connectivity index (χ0v) is 18.3. The topological polar surface area (TPSA) is 97.5 Å². The first-order valence-electron chi connectivity index (χ1n) is 11.0. The van der Waals surface area contributed by atoms with E-state index in [2.05, 4.69) is 32.3 Å². The number of aromatic amines is 1. The lowest BCUT2D eigenvalue weighted by Gasteiger charge is -2.45. The van der Waals surface area contributed by atoms with Crippen LogP contribution in [0.15, 0.2) is 24.4 Å². The van der Waals surface area contributed by atoms with Crippen LogP contribution in [0.5, 0.6) is 0 Å². The molecule has 2 atom stereocenters. The van der Waals surface area contributed by atoms with Gasteiger partial charge in [-0.15, -0.1) is 0 Å². The number of fused-ring (bicyclic) bond motifs is 2. The number of amides is 3. The molecule has 0 aromatic carbocycles. The first-order valence-corrected chi connectivity index (χ1v) is 11.0. The Labute approximate surface area is 181 Å². The summed E-state index contributed by atoms with van der Waals surface area (Å²) in [4.78, 5) is 36.7. The molecule has 1 unspecified atom stereocenters. The maximum absolute atomic E-state index is 13.6. The van der Waals surface area contributed by atoms with Crippen molar-refractivity contribution in [1.82, 2.24) is 29.9 Å². The number of urea groups is 1. The zero-order valence-electron chi connectivity index (χ0n) is 18.3. The molecular weight excluding hydrogens is 394 g/mol. The maximum Gasteiger partial charge on any atom is 0.321 e. The van der Waals surface area contributed by atoms with Crippen molar-refractivity contribution in [2.24, 2.45) is 0 Å². The molecule has 3 aliphatic rings. The van der Waals surface area contributed by atoms with Crippen molar-refractivity contribution in [1.29, 1.82) is 0 Å². The quantitative estimate of drug-likeness (QED) is 0.773. The second-order valence-electron chi connectivity index (χ2n) is 9.31. The van der Waals surface area contributed by atoms with Crippen molar-refractivity contribution in [2.75, 3.05) is 25.0 Å². The van der Waals surface area contributed by atoms with E-state index >= 15 is 0 Å². The van der Waals surface area contributed by atoms with Crippen LogP contribution in [0.25, 0.3) is 0 Å². The molecule has 0 radical (unpaired) electrons. The third-order valence-corrected chi connectivity index (χ3v) is 7.01. The van der Waals surface area contributed by atoms with E-state index in [9.17, 15) is 9.59 Å². The number of hydrogen-bond acceptors (Lipinski definition) is 5. The van der Waals surface area contributed by atoms with Crippen molar-refractivity contribution in [3.63, 3.8) is 0 Å². The number of rotatable bonds is 2. The van der Waals surface area contributed by atoms with Crippen LogP contribution < -0.4 is 5.32 Å². The Morgan fingerprint density at radius 1 is 1.26 bits per heavy atom. The first kappa shape index (κ1) is 20.0. The average molecular weight is 424 g/mol. The molecule has 5 rings (SSSR count). The van der Waals surface area contributed by atoms with Crippen molar-refractivity contribution in [2.45, 2.75) is 57.8 Å². The minimum absolute atomic E-state index is 0.0515. The molecule has 164 valence electrons. The molecule has 0 spiro atoms. The van der Waals surface area contributed by atoms with Crippen LogP contribution in [0.4, 0.5) is 10.6 Å². The van der Waals surface area contributed by atoms with Gasteiger partial charge in [0, 0.05) is 36.9 Å². The number of carbonyl (C=O) groups is 2. The summed E-state index contributed by atoms with van der Waals surface area (Å²) in [6.07, 6.45) is 3.95. The SMILES string of the molecule is CC1CN2CCC[C@H]2CN1C(=O)N1Cc2c(NC(=O)c3ccccn3)n[nH]c2C1(C)C. The molecule has 2 aromatic rings. The van der Waals surface area contributed by atoms with Crippen LogP contribution in [-0.2, 0) is 12.1 Å². The molecule has 3 amide bonds. The Bertz CT molecular complexity index is 1000. The van der Waals surface area contributed by atoms with Crippen molar-refractivity contribution in [3.05, 3.63) is 41.3 Å². The van der Waals surface area contributed by atoms with Gasteiger partial charge in [-0.2, -0.15) is 5.10 Å². The van der Waals surface area contributed by atoms with Gasteiger partial charge in [-0.3, -0.25) is 19.8 Å². The molecule has 9 heteroatoms. The fourth-order valence-electron chi connectivity index (χ4n) is 5.20. The number of pyridine rings is 1. The third-order valence-electron chi connectivity index (χ3n) is 7.01.